The number of hydrogen-bond acceptors (Lipinski definition) is 10. The number of urea groups is 1. The maximum atomic E-state index is 12.8. The molecule has 13 heteroatoms. The molecule has 2 aromatic heterocycles. The molecule has 178 valence electrons. The maximum absolute atomic E-state index is 12.8. The number of imide groups is 1. The number of carbonyl (C=O) groups excluding carboxylic acids is 4. The SMILES string of the molecule is COC(=O)c1ccc(CN2C(=O)N/C(=C\c3cccc([N+](=O)[O-])c3OC(=O)c3ccco3)C2=O)o1. The van der Waals surface area contributed by atoms with Crippen LogP contribution < -0.4 is 10.1 Å². The van der Waals surface area contributed by atoms with Crippen LogP contribution in [0.15, 0.2) is 63.3 Å². The van der Waals surface area contributed by atoms with Gasteiger partial charge in [-0.25, -0.2) is 14.4 Å². The molecule has 0 unspecified atom stereocenters. The van der Waals surface area contributed by atoms with Gasteiger partial charge in [0.05, 0.1) is 24.8 Å². The zero-order valence-electron chi connectivity index (χ0n) is 17.9. The van der Waals surface area contributed by atoms with Gasteiger partial charge in [0, 0.05) is 11.6 Å². The molecule has 13 nitrogen and oxygen atoms in total. The monoisotopic (exact) mass is 481 g/mol. The van der Waals surface area contributed by atoms with Crippen LogP contribution in [0.5, 0.6) is 5.75 Å². The van der Waals surface area contributed by atoms with Crippen LogP contribution in [0.25, 0.3) is 6.08 Å². The van der Waals surface area contributed by atoms with Crippen LogP contribution in [0.4, 0.5) is 10.5 Å². The van der Waals surface area contributed by atoms with Crippen LogP contribution >= 0.6 is 0 Å². The number of rotatable bonds is 7. The van der Waals surface area contributed by atoms with E-state index in [1.807, 2.05) is 0 Å². The van der Waals surface area contributed by atoms with Crippen molar-refractivity contribution in [1.29, 1.82) is 0 Å². The lowest BCUT2D eigenvalue weighted by molar-refractivity contribution is -0.385. The fourth-order valence-electron chi connectivity index (χ4n) is 3.15. The average Bonchev–Trinajstić information content (AvgIpc) is 3.58. The van der Waals surface area contributed by atoms with E-state index in [9.17, 15) is 29.3 Å². The third kappa shape index (κ3) is 4.64. The summed E-state index contributed by atoms with van der Waals surface area (Å²) in [6.07, 6.45) is 2.37. The molecule has 1 aliphatic heterocycles. The van der Waals surface area contributed by atoms with Crippen molar-refractivity contribution in [3.8, 4) is 5.75 Å². The average molecular weight is 481 g/mol. The molecule has 1 fully saturated rings. The Kier molecular flexibility index (Phi) is 6.14. The minimum Gasteiger partial charge on any atom is -0.463 e. The number of para-hydroxylation sites is 1. The molecule has 0 bridgehead atoms. The van der Waals surface area contributed by atoms with E-state index in [0.717, 1.165) is 17.0 Å². The standard InChI is InChI=1S/C22H15N3O10/c1-32-20(27)17-8-7-13(34-17)11-24-19(26)14(23-22(24)29)10-12-4-2-5-15(25(30)31)18(12)35-21(28)16-6-3-9-33-16/h2-10H,11H2,1H3,(H,23,29)/b14-10-. The Morgan fingerprint density at radius 3 is 2.60 bits per heavy atom. The van der Waals surface area contributed by atoms with E-state index in [-0.39, 0.29) is 35.1 Å². The van der Waals surface area contributed by atoms with Gasteiger partial charge >= 0.3 is 23.7 Å². The molecule has 0 atom stereocenters. The second-order valence-electron chi connectivity index (χ2n) is 6.96. The summed E-state index contributed by atoms with van der Waals surface area (Å²) >= 11 is 0. The van der Waals surface area contributed by atoms with Gasteiger partial charge in [0.1, 0.15) is 11.5 Å². The summed E-state index contributed by atoms with van der Waals surface area (Å²) < 4.78 is 20.0. The largest absolute Gasteiger partial charge is 0.463 e. The predicted molar refractivity (Wildman–Crippen MR) is 114 cm³/mol. The first-order valence-corrected chi connectivity index (χ1v) is 9.83. The Labute approximate surface area is 195 Å². The highest BCUT2D eigenvalue weighted by Crippen LogP contribution is 2.33. The predicted octanol–water partition coefficient (Wildman–Crippen LogP) is 2.88. The minimum atomic E-state index is -0.994. The Balaban J connectivity index is 1.62. The number of nitro benzene ring substituents is 1. The first kappa shape index (κ1) is 23.0. The van der Waals surface area contributed by atoms with E-state index in [1.54, 1.807) is 0 Å². The van der Waals surface area contributed by atoms with Crippen molar-refractivity contribution < 1.29 is 42.4 Å². The molecule has 0 spiro atoms. The van der Waals surface area contributed by atoms with Crippen molar-refractivity contribution in [2.45, 2.75) is 6.54 Å². The Bertz CT molecular complexity index is 1370. The number of amides is 3. The van der Waals surface area contributed by atoms with Gasteiger partial charge in [-0.05, 0) is 30.3 Å². The van der Waals surface area contributed by atoms with Gasteiger partial charge in [0.2, 0.25) is 17.3 Å². The highest BCUT2D eigenvalue weighted by Gasteiger charge is 2.35. The van der Waals surface area contributed by atoms with Crippen LogP contribution in [-0.4, -0.2) is 40.8 Å². The molecule has 1 N–H and O–H groups in total. The highest BCUT2D eigenvalue weighted by atomic mass is 16.6. The molecule has 3 aromatic rings. The van der Waals surface area contributed by atoms with Gasteiger partial charge < -0.3 is 23.6 Å². The molecule has 0 radical (unpaired) electrons. The highest BCUT2D eigenvalue weighted by molar-refractivity contribution is 6.14. The van der Waals surface area contributed by atoms with E-state index in [0.29, 0.717) is 0 Å². The molecule has 1 aromatic carbocycles. The van der Waals surface area contributed by atoms with Crippen molar-refractivity contribution in [2.24, 2.45) is 0 Å². The van der Waals surface area contributed by atoms with E-state index in [4.69, 9.17) is 13.6 Å². The van der Waals surface area contributed by atoms with Crippen LogP contribution in [0.2, 0.25) is 0 Å². The summed E-state index contributed by atoms with van der Waals surface area (Å²) in [6.45, 7) is -0.297. The minimum absolute atomic E-state index is 0.0180. The van der Waals surface area contributed by atoms with Gasteiger partial charge in [-0.1, -0.05) is 12.1 Å². The number of carbonyl (C=O) groups is 4. The number of nitrogens with zero attached hydrogens (tertiary/aromatic N) is 2. The van der Waals surface area contributed by atoms with Crippen molar-refractivity contribution in [3.05, 3.63) is 87.4 Å². The van der Waals surface area contributed by atoms with Crippen LogP contribution in [-0.2, 0) is 16.1 Å². The molecule has 1 aliphatic rings. The van der Waals surface area contributed by atoms with Crippen molar-refractivity contribution in [1.82, 2.24) is 10.2 Å². The number of hydrogen-bond donors (Lipinski definition) is 1. The second-order valence-corrected chi connectivity index (χ2v) is 6.96. The van der Waals surface area contributed by atoms with Gasteiger partial charge in [-0.15, -0.1) is 0 Å². The molecule has 3 amide bonds. The topological polar surface area (TPSA) is 171 Å². The summed E-state index contributed by atoms with van der Waals surface area (Å²) in [5, 5.41) is 13.9. The van der Waals surface area contributed by atoms with Crippen molar-refractivity contribution in [3.63, 3.8) is 0 Å². The molecule has 0 aliphatic carbocycles. The number of benzene rings is 1. The van der Waals surface area contributed by atoms with Crippen LogP contribution in [0, 0.1) is 10.1 Å². The molecule has 35 heavy (non-hydrogen) atoms. The number of nitrogens with one attached hydrogen (secondary N) is 1. The number of nitro groups is 1. The summed E-state index contributed by atoms with van der Waals surface area (Å²) in [7, 11) is 1.17. The second kappa shape index (κ2) is 9.35. The van der Waals surface area contributed by atoms with E-state index in [1.165, 1.54) is 49.8 Å². The van der Waals surface area contributed by atoms with Crippen molar-refractivity contribution >= 4 is 35.6 Å². The fourth-order valence-corrected chi connectivity index (χ4v) is 3.15. The molecule has 0 saturated carbocycles. The van der Waals surface area contributed by atoms with Gasteiger partial charge in [-0.3, -0.25) is 19.8 Å². The molecule has 3 heterocycles. The molecule has 4 rings (SSSR count). The maximum Gasteiger partial charge on any atom is 0.379 e. The van der Waals surface area contributed by atoms with E-state index < -0.39 is 40.2 Å². The molecule has 1 saturated heterocycles. The molecular weight excluding hydrogens is 466 g/mol. The summed E-state index contributed by atoms with van der Waals surface area (Å²) in [5.41, 5.74) is -0.792. The summed E-state index contributed by atoms with van der Waals surface area (Å²) in [4.78, 5) is 60.7. The van der Waals surface area contributed by atoms with Crippen LogP contribution in [0.1, 0.15) is 32.4 Å². The fraction of sp³-hybridized carbons (Fsp3) is 0.0909. The Morgan fingerprint density at radius 1 is 1.11 bits per heavy atom. The lowest BCUT2D eigenvalue weighted by Gasteiger charge is -2.09. The first-order chi connectivity index (χ1) is 16.8. The third-order valence-electron chi connectivity index (χ3n) is 4.76. The Morgan fingerprint density at radius 2 is 1.91 bits per heavy atom. The number of furan rings is 2. The zero-order valence-corrected chi connectivity index (χ0v) is 17.9. The lowest BCUT2D eigenvalue weighted by atomic mass is 10.1. The number of esters is 2. The summed E-state index contributed by atoms with van der Waals surface area (Å²) in [6, 6.07) is 8.50. The van der Waals surface area contributed by atoms with Gasteiger partial charge in [0.15, 0.2) is 0 Å². The lowest BCUT2D eigenvalue weighted by Crippen LogP contribution is -2.30. The quantitative estimate of drug-likeness (QED) is 0.132. The Hall–Kier alpha value is -5.20. The van der Waals surface area contributed by atoms with Crippen LogP contribution in [0.3, 0.4) is 0 Å². The molecular formula is C22H15N3O10. The number of methoxy groups -OCH3 is 1. The van der Waals surface area contributed by atoms with E-state index in [2.05, 4.69) is 10.1 Å². The number of ether oxygens (including phenoxy) is 2. The van der Waals surface area contributed by atoms with Crippen molar-refractivity contribution in [2.75, 3.05) is 7.11 Å². The first-order valence-electron chi connectivity index (χ1n) is 9.83. The summed E-state index contributed by atoms with van der Waals surface area (Å²) in [5.74, 6) is -3.10. The van der Waals surface area contributed by atoms with Gasteiger partial charge in [-0.2, -0.15) is 0 Å². The zero-order chi connectivity index (χ0) is 25.1. The van der Waals surface area contributed by atoms with E-state index >= 15 is 0 Å². The third-order valence-corrected chi connectivity index (χ3v) is 4.76. The van der Waals surface area contributed by atoms with Gasteiger partial charge in [0.25, 0.3) is 5.91 Å². The smallest absolute Gasteiger partial charge is 0.379 e. The normalized spacial score (nSPS) is 14.2.